The quantitative estimate of drug-likeness (QED) is 0.629. The number of rotatable bonds is 5. The Morgan fingerprint density at radius 3 is 3.00 bits per heavy atom. The Bertz CT molecular complexity index is 114. The Morgan fingerprint density at radius 2 is 2.33 bits per heavy atom. The van der Waals surface area contributed by atoms with E-state index in [1.54, 1.807) is 0 Å². The van der Waals surface area contributed by atoms with Gasteiger partial charge in [0.15, 0.2) is 0 Å². The molecule has 0 bridgehead atoms. The molecule has 0 unspecified atom stereocenters. The Hall–Kier alpha value is -0.0800. The molecule has 1 saturated heterocycles. The van der Waals surface area contributed by atoms with Gasteiger partial charge in [-0.05, 0) is 52.4 Å². The summed E-state index contributed by atoms with van der Waals surface area (Å²) in [5.41, 5.74) is 0. The number of likely N-dealkylation sites (tertiary alicyclic amines) is 1. The van der Waals surface area contributed by atoms with Crippen LogP contribution in [0.2, 0.25) is 0 Å². The predicted molar refractivity (Wildman–Crippen MR) is 53.4 cm³/mol. The Labute approximate surface area is 76.3 Å². The van der Waals surface area contributed by atoms with Gasteiger partial charge in [-0.25, -0.2) is 0 Å². The van der Waals surface area contributed by atoms with Crippen molar-refractivity contribution in [1.82, 2.24) is 10.2 Å². The van der Waals surface area contributed by atoms with Crippen molar-refractivity contribution in [1.29, 1.82) is 0 Å². The van der Waals surface area contributed by atoms with E-state index in [2.05, 4.69) is 17.1 Å². The molecule has 1 aliphatic rings. The maximum absolute atomic E-state index is 3.21. The van der Waals surface area contributed by atoms with Crippen molar-refractivity contribution in [2.45, 2.75) is 38.6 Å². The molecule has 1 rings (SSSR count). The van der Waals surface area contributed by atoms with Crippen LogP contribution in [-0.4, -0.2) is 37.6 Å². The zero-order valence-corrected chi connectivity index (χ0v) is 8.47. The Morgan fingerprint density at radius 1 is 1.50 bits per heavy atom. The van der Waals surface area contributed by atoms with E-state index in [1.807, 2.05) is 7.05 Å². The Balaban J connectivity index is 2.12. The molecule has 0 aromatic carbocycles. The van der Waals surface area contributed by atoms with E-state index in [1.165, 1.54) is 45.3 Å². The lowest BCUT2D eigenvalue weighted by molar-refractivity contribution is 0.252. The van der Waals surface area contributed by atoms with Crippen molar-refractivity contribution >= 4 is 0 Å². The average Bonchev–Trinajstić information content (AvgIpc) is 2.52. The largest absolute Gasteiger partial charge is 0.320 e. The number of hydrogen-bond acceptors (Lipinski definition) is 2. The van der Waals surface area contributed by atoms with Crippen molar-refractivity contribution in [2.75, 3.05) is 26.7 Å². The van der Waals surface area contributed by atoms with Gasteiger partial charge in [-0.15, -0.1) is 0 Å². The third-order valence-electron chi connectivity index (χ3n) is 2.87. The highest BCUT2D eigenvalue weighted by Gasteiger charge is 2.21. The standard InChI is InChI=1S/C10H22N2/c1-3-12-9-5-7-10(12)6-4-8-11-2/h10-11H,3-9H2,1-2H3/t10-/m1/s1. The molecule has 0 aromatic heterocycles. The monoisotopic (exact) mass is 170 g/mol. The minimum absolute atomic E-state index is 0.892. The molecule has 1 aliphatic heterocycles. The average molecular weight is 170 g/mol. The van der Waals surface area contributed by atoms with Crippen LogP contribution in [-0.2, 0) is 0 Å². The molecule has 1 fully saturated rings. The van der Waals surface area contributed by atoms with Gasteiger partial charge >= 0.3 is 0 Å². The number of nitrogens with zero attached hydrogens (tertiary/aromatic N) is 1. The van der Waals surface area contributed by atoms with Crippen molar-refractivity contribution in [3.8, 4) is 0 Å². The lowest BCUT2D eigenvalue weighted by Crippen LogP contribution is -2.29. The molecule has 0 amide bonds. The van der Waals surface area contributed by atoms with Gasteiger partial charge in [0, 0.05) is 6.04 Å². The maximum Gasteiger partial charge on any atom is 0.00960 e. The summed E-state index contributed by atoms with van der Waals surface area (Å²) in [4.78, 5) is 2.62. The molecule has 12 heavy (non-hydrogen) atoms. The topological polar surface area (TPSA) is 15.3 Å². The third kappa shape index (κ3) is 2.76. The van der Waals surface area contributed by atoms with Crippen LogP contribution in [0.15, 0.2) is 0 Å². The molecule has 0 saturated carbocycles. The summed E-state index contributed by atoms with van der Waals surface area (Å²) in [7, 11) is 2.03. The van der Waals surface area contributed by atoms with E-state index in [0.717, 1.165) is 6.04 Å². The second kappa shape index (κ2) is 5.55. The predicted octanol–water partition coefficient (Wildman–Crippen LogP) is 1.47. The second-order valence-corrected chi connectivity index (χ2v) is 3.67. The van der Waals surface area contributed by atoms with E-state index < -0.39 is 0 Å². The molecular weight excluding hydrogens is 148 g/mol. The highest BCUT2D eigenvalue weighted by atomic mass is 15.2. The first-order valence-electron chi connectivity index (χ1n) is 5.27. The van der Waals surface area contributed by atoms with Crippen molar-refractivity contribution in [3.63, 3.8) is 0 Å². The van der Waals surface area contributed by atoms with Gasteiger partial charge in [0.05, 0.1) is 0 Å². The van der Waals surface area contributed by atoms with Crippen LogP contribution in [0.25, 0.3) is 0 Å². The minimum Gasteiger partial charge on any atom is -0.320 e. The van der Waals surface area contributed by atoms with Gasteiger partial charge < -0.3 is 10.2 Å². The second-order valence-electron chi connectivity index (χ2n) is 3.67. The lowest BCUT2D eigenvalue weighted by atomic mass is 10.1. The summed E-state index contributed by atoms with van der Waals surface area (Å²) in [6.07, 6.45) is 5.56. The minimum atomic E-state index is 0.892. The molecule has 2 heteroatoms. The van der Waals surface area contributed by atoms with Crippen LogP contribution in [0.3, 0.4) is 0 Å². The van der Waals surface area contributed by atoms with E-state index in [-0.39, 0.29) is 0 Å². The van der Waals surface area contributed by atoms with Gasteiger partial charge in [-0.2, -0.15) is 0 Å². The fourth-order valence-corrected chi connectivity index (χ4v) is 2.15. The smallest absolute Gasteiger partial charge is 0.00960 e. The summed E-state index contributed by atoms with van der Waals surface area (Å²) < 4.78 is 0. The molecule has 2 nitrogen and oxygen atoms in total. The first kappa shape index (κ1) is 10.0. The molecular formula is C10H22N2. The lowest BCUT2D eigenvalue weighted by Gasteiger charge is -2.22. The van der Waals surface area contributed by atoms with Gasteiger partial charge in [0.2, 0.25) is 0 Å². The summed E-state index contributed by atoms with van der Waals surface area (Å²) in [6, 6.07) is 0.892. The van der Waals surface area contributed by atoms with Crippen LogP contribution in [0.5, 0.6) is 0 Å². The molecule has 1 heterocycles. The zero-order valence-electron chi connectivity index (χ0n) is 8.47. The zero-order chi connectivity index (χ0) is 8.81. The Kier molecular flexibility index (Phi) is 4.62. The third-order valence-corrected chi connectivity index (χ3v) is 2.87. The van der Waals surface area contributed by atoms with Gasteiger partial charge in [-0.3, -0.25) is 0 Å². The summed E-state index contributed by atoms with van der Waals surface area (Å²) in [5, 5.41) is 3.21. The van der Waals surface area contributed by atoms with E-state index >= 15 is 0 Å². The highest BCUT2D eigenvalue weighted by molar-refractivity contribution is 4.77. The maximum atomic E-state index is 3.21. The molecule has 1 N–H and O–H groups in total. The molecule has 0 aliphatic carbocycles. The van der Waals surface area contributed by atoms with Crippen LogP contribution in [0.4, 0.5) is 0 Å². The van der Waals surface area contributed by atoms with E-state index in [9.17, 15) is 0 Å². The molecule has 72 valence electrons. The number of hydrogen-bond donors (Lipinski definition) is 1. The molecule has 1 atom stereocenters. The van der Waals surface area contributed by atoms with Crippen LogP contribution in [0.1, 0.15) is 32.6 Å². The van der Waals surface area contributed by atoms with Gasteiger partial charge in [-0.1, -0.05) is 6.92 Å². The fourth-order valence-electron chi connectivity index (χ4n) is 2.15. The van der Waals surface area contributed by atoms with Crippen molar-refractivity contribution < 1.29 is 0 Å². The molecule has 0 spiro atoms. The fraction of sp³-hybridized carbons (Fsp3) is 1.00. The van der Waals surface area contributed by atoms with E-state index in [4.69, 9.17) is 0 Å². The van der Waals surface area contributed by atoms with Crippen molar-refractivity contribution in [3.05, 3.63) is 0 Å². The highest BCUT2D eigenvalue weighted by Crippen LogP contribution is 2.20. The molecule has 0 radical (unpaired) electrons. The first-order valence-corrected chi connectivity index (χ1v) is 5.27. The van der Waals surface area contributed by atoms with Gasteiger partial charge in [0.1, 0.15) is 0 Å². The molecule has 0 aromatic rings. The van der Waals surface area contributed by atoms with Crippen LogP contribution >= 0.6 is 0 Å². The van der Waals surface area contributed by atoms with Crippen LogP contribution in [0, 0.1) is 0 Å². The number of nitrogens with one attached hydrogen (secondary N) is 1. The van der Waals surface area contributed by atoms with E-state index in [0.29, 0.717) is 0 Å². The van der Waals surface area contributed by atoms with Crippen molar-refractivity contribution in [2.24, 2.45) is 0 Å². The summed E-state index contributed by atoms with van der Waals surface area (Å²) in [5.74, 6) is 0. The SMILES string of the molecule is CCN1CCC[C@H]1CCCNC. The van der Waals surface area contributed by atoms with Crippen LogP contribution < -0.4 is 5.32 Å². The normalized spacial score (nSPS) is 25.0. The summed E-state index contributed by atoms with van der Waals surface area (Å²) in [6.45, 7) is 6.02. The summed E-state index contributed by atoms with van der Waals surface area (Å²) >= 11 is 0. The first-order chi connectivity index (χ1) is 5.88. The van der Waals surface area contributed by atoms with Gasteiger partial charge in [0.25, 0.3) is 0 Å².